The van der Waals surface area contributed by atoms with Crippen LogP contribution in [0, 0.1) is 29.4 Å². The van der Waals surface area contributed by atoms with Crippen molar-refractivity contribution in [1.82, 2.24) is 25.2 Å². The fraction of sp³-hybridized carbons (Fsp3) is 0.441. The van der Waals surface area contributed by atoms with Crippen molar-refractivity contribution in [3.63, 3.8) is 0 Å². The molecule has 2 N–H and O–H groups in total. The zero-order valence-corrected chi connectivity index (χ0v) is 25.6. The van der Waals surface area contributed by atoms with E-state index >= 15 is 4.39 Å². The van der Waals surface area contributed by atoms with Crippen LogP contribution in [0.25, 0.3) is 32.9 Å². The zero-order valence-electron chi connectivity index (χ0n) is 25.6. The number of anilines is 1. The maximum absolute atomic E-state index is 16.8. The Labute approximate surface area is 263 Å². The number of alkyl halides is 2. The summed E-state index contributed by atoms with van der Waals surface area (Å²) < 4.78 is 66.6. The minimum Gasteiger partial charge on any atom is -0.508 e. The third-order valence-corrected chi connectivity index (χ3v) is 9.42. The molecule has 240 valence electrons. The molecule has 7 rings (SSSR count). The number of ether oxygens (including phenoxy) is 1. The summed E-state index contributed by atoms with van der Waals surface area (Å²) >= 11 is 0. The molecule has 3 fully saturated rings. The molecular formula is C34H34F4N6O2. The van der Waals surface area contributed by atoms with Gasteiger partial charge in [0.2, 0.25) is 5.92 Å². The number of phenols is 1. The number of aromatic hydroxyl groups is 1. The fourth-order valence-corrected chi connectivity index (χ4v) is 7.60. The van der Waals surface area contributed by atoms with Crippen molar-refractivity contribution in [1.29, 1.82) is 0 Å². The van der Waals surface area contributed by atoms with Gasteiger partial charge in [0.1, 0.15) is 28.6 Å². The van der Waals surface area contributed by atoms with E-state index in [-0.39, 0.29) is 77.4 Å². The number of pyridine rings is 1. The lowest BCUT2D eigenvalue weighted by Crippen LogP contribution is -2.51. The van der Waals surface area contributed by atoms with E-state index in [1.165, 1.54) is 30.5 Å². The molecule has 0 radical (unpaired) electrons. The number of hydrogen-bond donors (Lipinski definition) is 2. The summed E-state index contributed by atoms with van der Waals surface area (Å²) in [7, 11) is 3.65. The van der Waals surface area contributed by atoms with Gasteiger partial charge in [-0.15, -0.1) is 6.42 Å². The standard InChI is InChI=1S/C34H34F4N6O2/c1-4-23-26(35)8-5-19-11-22(45)12-24(27(19)23)29-28(36)30-25(13-39-29)31(44-14-20-6-7-21(15-44)40-20)42-32(41-30)46-18-33(17-43(2)3)9-10-34(37,38)16-33/h1,5,8,11-13,20-21,40,45H,6-7,9-10,14-18H2,2-3H3. The molecular weight excluding hydrogens is 600 g/mol. The van der Waals surface area contributed by atoms with E-state index in [2.05, 4.69) is 26.1 Å². The highest BCUT2D eigenvalue weighted by atomic mass is 19.3. The molecule has 2 aliphatic heterocycles. The molecule has 4 heterocycles. The molecule has 1 saturated carbocycles. The molecule has 1 aliphatic carbocycles. The molecule has 2 aromatic carbocycles. The number of phenolic OH excluding ortho intramolecular Hbond substituents is 1. The van der Waals surface area contributed by atoms with E-state index in [4.69, 9.17) is 16.1 Å². The minimum atomic E-state index is -2.80. The van der Waals surface area contributed by atoms with Crippen molar-refractivity contribution in [3.05, 3.63) is 47.7 Å². The summed E-state index contributed by atoms with van der Waals surface area (Å²) in [5.41, 5.74) is -1.10. The Hall–Kier alpha value is -4.21. The van der Waals surface area contributed by atoms with Crippen molar-refractivity contribution in [2.75, 3.05) is 45.2 Å². The number of aromatic nitrogens is 3. The molecule has 3 unspecified atom stereocenters. The number of benzene rings is 2. The number of piperazine rings is 1. The second-order valence-corrected chi connectivity index (χ2v) is 13.3. The van der Waals surface area contributed by atoms with Gasteiger partial charge < -0.3 is 25.0 Å². The van der Waals surface area contributed by atoms with Gasteiger partial charge >= 0.3 is 6.01 Å². The van der Waals surface area contributed by atoms with Crippen LogP contribution in [-0.4, -0.2) is 83.3 Å². The fourth-order valence-electron chi connectivity index (χ4n) is 7.60. The molecule has 3 atom stereocenters. The van der Waals surface area contributed by atoms with Crippen LogP contribution in [0.5, 0.6) is 11.8 Å². The van der Waals surface area contributed by atoms with Gasteiger partial charge in [-0.3, -0.25) is 4.98 Å². The molecule has 12 heteroatoms. The number of nitrogens with one attached hydrogen (secondary N) is 1. The normalized spacial score (nSPS) is 23.8. The van der Waals surface area contributed by atoms with Crippen LogP contribution < -0.4 is 15.0 Å². The maximum Gasteiger partial charge on any atom is 0.319 e. The van der Waals surface area contributed by atoms with Gasteiger partial charge in [-0.05, 0) is 56.9 Å². The Morgan fingerprint density at radius 3 is 2.57 bits per heavy atom. The van der Waals surface area contributed by atoms with Crippen LogP contribution in [0.1, 0.15) is 37.7 Å². The largest absolute Gasteiger partial charge is 0.508 e. The van der Waals surface area contributed by atoms with Crippen LogP contribution in [0.3, 0.4) is 0 Å². The van der Waals surface area contributed by atoms with Crippen molar-refractivity contribution in [2.24, 2.45) is 5.41 Å². The quantitative estimate of drug-likeness (QED) is 0.204. The molecule has 2 bridgehead atoms. The molecule has 8 nitrogen and oxygen atoms in total. The molecule has 4 aromatic rings. The summed E-state index contributed by atoms with van der Waals surface area (Å²) in [5.74, 6) is -1.70. The van der Waals surface area contributed by atoms with Crippen molar-refractivity contribution < 1.29 is 27.4 Å². The lowest BCUT2D eigenvalue weighted by atomic mass is 9.86. The van der Waals surface area contributed by atoms with Crippen molar-refractivity contribution >= 4 is 27.5 Å². The SMILES string of the molecule is C#Cc1c(F)ccc2cc(O)cc(-c3ncc4c(N5CC6CCC(C5)N6)nc(OCC5(CN(C)C)CCC(F)(F)C5)nc4c3F)c12. The summed E-state index contributed by atoms with van der Waals surface area (Å²) in [4.78, 5) is 17.6. The van der Waals surface area contributed by atoms with E-state index in [0.717, 1.165) is 12.8 Å². The Kier molecular flexibility index (Phi) is 7.44. The molecule has 2 saturated heterocycles. The average Bonchev–Trinajstić information content (AvgIpc) is 3.51. The van der Waals surface area contributed by atoms with Gasteiger partial charge in [0.15, 0.2) is 5.82 Å². The molecule has 3 aliphatic rings. The summed E-state index contributed by atoms with van der Waals surface area (Å²) in [6, 6.07) is 5.70. The third kappa shape index (κ3) is 5.45. The van der Waals surface area contributed by atoms with Gasteiger partial charge in [-0.25, -0.2) is 17.6 Å². The van der Waals surface area contributed by atoms with E-state index in [1.54, 1.807) is 0 Å². The predicted octanol–water partition coefficient (Wildman–Crippen LogP) is 5.50. The number of rotatable bonds is 7. The van der Waals surface area contributed by atoms with Crippen molar-refractivity contribution in [2.45, 2.75) is 50.1 Å². The lowest BCUT2D eigenvalue weighted by Gasteiger charge is -2.34. The first-order chi connectivity index (χ1) is 21.9. The zero-order chi connectivity index (χ0) is 32.4. The van der Waals surface area contributed by atoms with Crippen LogP contribution in [0.15, 0.2) is 30.5 Å². The van der Waals surface area contributed by atoms with E-state index in [9.17, 15) is 18.3 Å². The second kappa shape index (κ2) is 11.2. The van der Waals surface area contributed by atoms with Crippen LogP contribution >= 0.6 is 0 Å². The highest BCUT2D eigenvalue weighted by Crippen LogP contribution is 2.48. The first kappa shape index (κ1) is 30.4. The predicted molar refractivity (Wildman–Crippen MR) is 167 cm³/mol. The summed E-state index contributed by atoms with van der Waals surface area (Å²) in [6.45, 7) is 1.57. The summed E-state index contributed by atoms with van der Waals surface area (Å²) in [6.07, 6.45) is 8.83. The number of hydrogen-bond acceptors (Lipinski definition) is 8. The molecule has 46 heavy (non-hydrogen) atoms. The highest BCUT2D eigenvalue weighted by Gasteiger charge is 2.50. The molecule has 0 spiro atoms. The Morgan fingerprint density at radius 1 is 1.13 bits per heavy atom. The number of halogens is 4. The lowest BCUT2D eigenvalue weighted by molar-refractivity contribution is -0.0146. The Balaban J connectivity index is 1.37. The molecule has 0 amide bonds. The molecule has 2 aromatic heterocycles. The van der Waals surface area contributed by atoms with Crippen LogP contribution in [0.2, 0.25) is 0 Å². The number of nitrogens with zero attached hydrogens (tertiary/aromatic N) is 5. The Morgan fingerprint density at radius 2 is 1.89 bits per heavy atom. The van der Waals surface area contributed by atoms with Gasteiger partial charge in [0.25, 0.3) is 0 Å². The van der Waals surface area contributed by atoms with Gasteiger partial charge in [-0.2, -0.15) is 9.97 Å². The van der Waals surface area contributed by atoms with E-state index in [0.29, 0.717) is 36.2 Å². The third-order valence-electron chi connectivity index (χ3n) is 9.42. The minimum absolute atomic E-state index is 0.0694. The average molecular weight is 635 g/mol. The number of fused-ring (bicyclic) bond motifs is 4. The maximum atomic E-state index is 16.8. The smallest absolute Gasteiger partial charge is 0.319 e. The van der Waals surface area contributed by atoms with E-state index in [1.807, 2.05) is 19.0 Å². The van der Waals surface area contributed by atoms with Crippen molar-refractivity contribution in [3.8, 4) is 35.4 Å². The Bertz CT molecular complexity index is 1880. The first-order valence-corrected chi connectivity index (χ1v) is 15.4. The topological polar surface area (TPSA) is 86.6 Å². The highest BCUT2D eigenvalue weighted by molar-refractivity contribution is 6.03. The van der Waals surface area contributed by atoms with Gasteiger partial charge in [-0.1, -0.05) is 12.0 Å². The number of terminal acetylenes is 1. The van der Waals surface area contributed by atoms with Gasteiger partial charge in [0, 0.05) is 67.1 Å². The first-order valence-electron chi connectivity index (χ1n) is 15.4. The van der Waals surface area contributed by atoms with Crippen LogP contribution in [-0.2, 0) is 0 Å². The summed E-state index contributed by atoms with van der Waals surface area (Å²) in [5, 5.41) is 15.1. The van der Waals surface area contributed by atoms with Gasteiger partial charge in [0.05, 0.1) is 17.6 Å². The van der Waals surface area contributed by atoms with E-state index < -0.39 is 23.0 Å². The monoisotopic (exact) mass is 634 g/mol. The van der Waals surface area contributed by atoms with Crippen LogP contribution in [0.4, 0.5) is 23.4 Å². The second-order valence-electron chi connectivity index (χ2n) is 13.3.